The third-order valence-corrected chi connectivity index (χ3v) is 4.20. The molecule has 1 aliphatic heterocycles. The SMILES string of the molecule is CC1CN(C(C(=O)NCCS(N)(=O)=O)C(C)C)CC(C)O1. The number of nitrogens with one attached hydrogen (secondary N) is 1. The van der Waals surface area contributed by atoms with Gasteiger partial charge >= 0.3 is 0 Å². The first kappa shape index (κ1) is 18.3. The van der Waals surface area contributed by atoms with Crippen LogP contribution in [0.2, 0.25) is 0 Å². The van der Waals surface area contributed by atoms with E-state index in [4.69, 9.17) is 9.88 Å². The second-order valence-corrected chi connectivity index (χ2v) is 7.79. The standard InChI is InChI=1S/C13H27N3O4S/c1-9(2)12(13(17)15-5-6-21(14,18)19)16-7-10(3)20-11(4)8-16/h9-12H,5-8H2,1-4H3,(H,15,17)(H2,14,18,19). The number of primary sulfonamides is 1. The largest absolute Gasteiger partial charge is 0.373 e. The summed E-state index contributed by atoms with van der Waals surface area (Å²) in [6, 6.07) is -0.292. The smallest absolute Gasteiger partial charge is 0.237 e. The first-order valence-electron chi connectivity index (χ1n) is 7.28. The van der Waals surface area contributed by atoms with Crippen LogP contribution in [0.1, 0.15) is 27.7 Å². The Morgan fingerprint density at radius 2 is 1.86 bits per heavy atom. The molecule has 0 aromatic rings. The van der Waals surface area contributed by atoms with Gasteiger partial charge in [-0.05, 0) is 19.8 Å². The Bertz CT molecular complexity index is 442. The fourth-order valence-corrected chi connectivity index (χ4v) is 3.14. The molecule has 0 aliphatic carbocycles. The molecule has 124 valence electrons. The van der Waals surface area contributed by atoms with Crippen LogP contribution in [0.15, 0.2) is 0 Å². The zero-order valence-electron chi connectivity index (χ0n) is 13.2. The van der Waals surface area contributed by atoms with Crippen LogP contribution in [-0.2, 0) is 19.6 Å². The van der Waals surface area contributed by atoms with Gasteiger partial charge in [0.15, 0.2) is 0 Å². The number of carbonyl (C=O) groups excluding carboxylic acids is 1. The molecule has 1 rings (SSSR count). The Morgan fingerprint density at radius 3 is 2.29 bits per heavy atom. The van der Waals surface area contributed by atoms with Crippen molar-refractivity contribution in [1.29, 1.82) is 0 Å². The van der Waals surface area contributed by atoms with Gasteiger partial charge in [-0.2, -0.15) is 0 Å². The number of nitrogens with zero attached hydrogens (tertiary/aromatic N) is 1. The first-order valence-corrected chi connectivity index (χ1v) is 8.99. The van der Waals surface area contributed by atoms with Crippen LogP contribution in [0.4, 0.5) is 0 Å². The topological polar surface area (TPSA) is 102 Å². The molecule has 0 aromatic heterocycles. The van der Waals surface area contributed by atoms with Crippen LogP contribution in [0, 0.1) is 5.92 Å². The maximum absolute atomic E-state index is 12.4. The summed E-state index contributed by atoms with van der Waals surface area (Å²) in [4.78, 5) is 14.5. The van der Waals surface area contributed by atoms with Crippen LogP contribution < -0.4 is 10.5 Å². The van der Waals surface area contributed by atoms with Crippen molar-refractivity contribution < 1.29 is 17.9 Å². The van der Waals surface area contributed by atoms with Crippen molar-refractivity contribution in [2.45, 2.75) is 45.9 Å². The lowest BCUT2D eigenvalue weighted by Gasteiger charge is -2.41. The van der Waals surface area contributed by atoms with Gasteiger partial charge in [-0.25, -0.2) is 13.6 Å². The summed E-state index contributed by atoms with van der Waals surface area (Å²) >= 11 is 0. The van der Waals surface area contributed by atoms with Crippen molar-refractivity contribution in [3.63, 3.8) is 0 Å². The van der Waals surface area contributed by atoms with Crippen molar-refractivity contribution in [1.82, 2.24) is 10.2 Å². The molecule has 0 radical (unpaired) electrons. The monoisotopic (exact) mass is 321 g/mol. The molecule has 0 saturated carbocycles. The number of ether oxygens (including phenoxy) is 1. The second-order valence-electron chi connectivity index (χ2n) is 6.06. The van der Waals surface area contributed by atoms with E-state index in [2.05, 4.69) is 10.2 Å². The maximum atomic E-state index is 12.4. The van der Waals surface area contributed by atoms with Gasteiger partial charge < -0.3 is 10.1 Å². The van der Waals surface area contributed by atoms with Crippen LogP contribution in [-0.4, -0.2) is 62.9 Å². The third kappa shape index (κ3) is 6.29. The quantitative estimate of drug-likeness (QED) is 0.688. The van der Waals surface area contributed by atoms with E-state index in [9.17, 15) is 13.2 Å². The number of hydrogen-bond acceptors (Lipinski definition) is 5. The molecule has 0 aromatic carbocycles. The minimum atomic E-state index is -3.56. The van der Waals surface area contributed by atoms with Gasteiger partial charge in [-0.3, -0.25) is 9.69 Å². The molecule has 0 bridgehead atoms. The van der Waals surface area contributed by atoms with Crippen molar-refractivity contribution in [3.8, 4) is 0 Å². The van der Waals surface area contributed by atoms with E-state index in [0.29, 0.717) is 13.1 Å². The van der Waals surface area contributed by atoms with Gasteiger partial charge in [-0.15, -0.1) is 0 Å². The lowest BCUT2D eigenvalue weighted by Crippen LogP contribution is -2.57. The number of rotatable bonds is 6. The number of nitrogens with two attached hydrogens (primary N) is 1. The van der Waals surface area contributed by atoms with Crippen LogP contribution in [0.25, 0.3) is 0 Å². The van der Waals surface area contributed by atoms with Gasteiger partial charge in [0, 0.05) is 19.6 Å². The highest BCUT2D eigenvalue weighted by atomic mass is 32.2. The van der Waals surface area contributed by atoms with E-state index in [1.807, 2.05) is 27.7 Å². The molecule has 1 saturated heterocycles. The number of carbonyl (C=O) groups is 1. The molecule has 1 aliphatic rings. The highest BCUT2D eigenvalue weighted by Crippen LogP contribution is 2.18. The summed E-state index contributed by atoms with van der Waals surface area (Å²) in [5.74, 6) is -0.286. The Labute approximate surface area is 127 Å². The van der Waals surface area contributed by atoms with Gasteiger partial charge in [-0.1, -0.05) is 13.8 Å². The maximum Gasteiger partial charge on any atom is 0.237 e. The van der Waals surface area contributed by atoms with Crippen molar-refractivity contribution in [2.75, 3.05) is 25.4 Å². The van der Waals surface area contributed by atoms with E-state index in [1.165, 1.54) is 0 Å². The summed E-state index contributed by atoms with van der Waals surface area (Å²) in [6.07, 6.45) is 0.152. The van der Waals surface area contributed by atoms with E-state index in [-0.39, 0.29) is 42.4 Å². The van der Waals surface area contributed by atoms with Crippen LogP contribution >= 0.6 is 0 Å². The van der Waals surface area contributed by atoms with E-state index >= 15 is 0 Å². The Morgan fingerprint density at radius 1 is 1.33 bits per heavy atom. The molecule has 1 amide bonds. The fraction of sp³-hybridized carbons (Fsp3) is 0.923. The zero-order valence-corrected chi connectivity index (χ0v) is 14.0. The normalized spacial score (nSPS) is 25.8. The lowest BCUT2D eigenvalue weighted by molar-refractivity contribution is -0.135. The molecule has 3 atom stereocenters. The molecule has 8 heteroatoms. The van der Waals surface area contributed by atoms with Gasteiger partial charge in [0.05, 0.1) is 24.0 Å². The van der Waals surface area contributed by atoms with Crippen LogP contribution in [0.5, 0.6) is 0 Å². The van der Waals surface area contributed by atoms with Gasteiger partial charge in [0.25, 0.3) is 0 Å². The molecular weight excluding hydrogens is 294 g/mol. The van der Waals surface area contributed by atoms with Crippen molar-refractivity contribution in [2.24, 2.45) is 11.1 Å². The third-order valence-electron chi connectivity index (χ3n) is 3.43. The predicted octanol–water partition coefficient (Wildman–Crippen LogP) is -0.475. The van der Waals surface area contributed by atoms with E-state index in [1.54, 1.807) is 0 Å². The molecule has 3 N–H and O–H groups in total. The molecule has 3 unspecified atom stereocenters. The summed E-state index contributed by atoms with van der Waals surface area (Å²) in [6.45, 7) is 9.35. The minimum absolute atomic E-state index is 0.0380. The van der Waals surface area contributed by atoms with Crippen LogP contribution in [0.3, 0.4) is 0 Å². The highest BCUT2D eigenvalue weighted by Gasteiger charge is 2.33. The fourth-order valence-electron chi connectivity index (χ4n) is 2.76. The Hall–Kier alpha value is -0.700. The average molecular weight is 321 g/mol. The molecule has 0 spiro atoms. The van der Waals surface area contributed by atoms with Crippen molar-refractivity contribution in [3.05, 3.63) is 0 Å². The molecule has 1 fully saturated rings. The zero-order chi connectivity index (χ0) is 16.2. The average Bonchev–Trinajstić information content (AvgIpc) is 2.24. The molecule has 7 nitrogen and oxygen atoms in total. The molecular formula is C13H27N3O4S. The minimum Gasteiger partial charge on any atom is -0.373 e. The molecule has 1 heterocycles. The number of morpholine rings is 1. The second kappa shape index (κ2) is 7.53. The first-order chi connectivity index (χ1) is 9.60. The Kier molecular flexibility index (Phi) is 6.58. The van der Waals surface area contributed by atoms with E-state index < -0.39 is 10.0 Å². The van der Waals surface area contributed by atoms with Gasteiger partial charge in [0.1, 0.15) is 0 Å². The lowest BCUT2D eigenvalue weighted by atomic mass is 9.99. The number of amides is 1. The van der Waals surface area contributed by atoms with E-state index in [0.717, 1.165) is 0 Å². The van der Waals surface area contributed by atoms with Crippen molar-refractivity contribution >= 4 is 15.9 Å². The number of hydrogen-bond donors (Lipinski definition) is 2. The number of sulfonamides is 1. The molecule has 21 heavy (non-hydrogen) atoms. The van der Waals surface area contributed by atoms with Gasteiger partial charge in [0.2, 0.25) is 15.9 Å². The summed E-state index contributed by atoms with van der Waals surface area (Å²) in [5, 5.41) is 7.60. The summed E-state index contributed by atoms with van der Waals surface area (Å²) in [7, 11) is -3.56. The predicted molar refractivity (Wildman–Crippen MR) is 81.2 cm³/mol. The summed E-state index contributed by atoms with van der Waals surface area (Å²) in [5.41, 5.74) is 0. The Balaban J connectivity index is 2.65. The highest BCUT2D eigenvalue weighted by molar-refractivity contribution is 7.89. The summed E-state index contributed by atoms with van der Waals surface area (Å²) < 4.78 is 27.5.